The summed E-state index contributed by atoms with van der Waals surface area (Å²) in [6.45, 7) is 0. The minimum atomic E-state index is -0.602. The first-order valence-corrected chi connectivity index (χ1v) is 4.94. The van der Waals surface area contributed by atoms with Crippen LogP contribution in [0.1, 0.15) is 0 Å². The number of fused-ring (bicyclic) bond motifs is 1. The number of phenolic OH excluding ortho intramolecular Hbond substituents is 1. The average molecular weight is 268 g/mol. The molecule has 0 radical (unpaired) electrons. The Kier molecular flexibility index (Phi) is 2.32. The third kappa shape index (κ3) is 1.66. The molecular weight excluding hydrogens is 262 g/mol. The van der Waals surface area contributed by atoms with Crippen molar-refractivity contribution in [2.45, 2.75) is 0 Å². The molecule has 0 aliphatic rings. The number of halogens is 1. The van der Waals surface area contributed by atoms with Crippen LogP contribution >= 0.6 is 15.9 Å². The summed E-state index contributed by atoms with van der Waals surface area (Å²) in [6, 6.07) is 8.15. The van der Waals surface area contributed by atoms with Crippen molar-refractivity contribution in [2.24, 2.45) is 0 Å². The van der Waals surface area contributed by atoms with Crippen molar-refractivity contribution in [3.8, 4) is 5.75 Å². The number of nitro groups is 1. The minimum absolute atomic E-state index is 0.277. The highest BCUT2D eigenvalue weighted by molar-refractivity contribution is 9.10. The van der Waals surface area contributed by atoms with Crippen LogP contribution in [0.2, 0.25) is 0 Å². The third-order valence-corrected chi connectivity index (χ3v) is 2.62. The zero-order valence-corrected chi connectivity index (χ0v) is 9.06. The van der Waals surface area contributed by atoms with Crippen molar-refractivity contribution >= 4 is 32.4 Å². The quantitative estimate of drug-likeness (QED) is 0.638. The monoisotopic (exact) mass is 267 g/mol. The first-order valence-electron chi connectivity index (χ1n) is 4.15. The number of nitrogens with zero attached hydrogens (tertiary/aromatic N) is 1. The number of rotatable bonds is 1. The van der Waals surface area contributed by atoms with E-state index in [2.05, 4.69) is 15.9 Å². The lowest BCUT2D eigenvalue weighted by molar-refractivity contribution is -0.385. The SMILES string of the molecule is O=[N+]([O-])c1ccc2ccc(Br)cc2c1O. The van der Waals surface area contributed by atoms with Crippen LogP contribution in [-0.4, -0.2) is 10.0 Å². The van der Waals surface area contributed by atoms with Gasteiger partial charge in [0.05, 0.1) is 4.92 Å². The number of aromatic hydroxyl groups is 1. The number of phenols is 1. The van der Waals surface area contributed by atoms with E-state index in [1.807, 2.05) is 6.07 Å². The van der Waals surface area contributed by atoms with Crippen LogP contribution in [0.5, 0.6) is 5.75 Å². The molecule has 0 fully saturated rings. The van der Waals surface area contributed by atoms with Crippen LogP contribution < -0.4 is 0 Å². The fourth-order valence-electron chi connectivity index (χ4n) is 1.41. The Labute approximate surface area is 93.4 Å². The van der Waals surface area contributed by atoms with E-state index in [4.69, 9.17) is 0 Å². The summed E-state index contributed by atoms with van der Waals surface area (Å²) >= 11 is 3.25. The lowest BCUT2D eigenvalue weighted by Gasteiger charge is -2.02. The summed E-state index contributed by atoms with van der Waals surface area (Å²) in [5, 5.41) is 21.5. The van der Waals surface area contributed by atoms with Gasteiger partial charge in [-0.1, -0.05) is 22.0 Å². The molecule has 0 bridgehead atoms. The molecule has 0 saturated carbocycles. The van der Waals surface area contributed by atoms with Crippen LogP contribution in [0.3, 0.4) is 0 Å². The van der Waals surface area contributed by atoms with Gasteiger partial charge < -0.3 is 5.11 Å². The second-order valence-electron chi connectivity index (χ2n) is 3.06. The van der Waals surface area contributed by atoms with Crippen LogP contribution in [0.4, 0.5) is 5.69 Å². The van der Waals surface area contributed by atoms with Gasteiger partial charge in [0.25, 0.3) is 0 Å². The Morgan fingerprint density at radius 2 is 1.93 bits per heavy atom. The molecule has 2 aromatic rings. The first kappa shape index (κ1) is 9.92. The van der Waals surface area contributed by atoms with Gasteiger partial charge in [0.2, 0.25) is 5.75 Å². The van der Waals surface area contributed by atoms with Gasteiger partial charge in [0.15, 0.2) is 0 Å². The van der Waals surface area contributed by atoms with Gasteiger partial charge in [0, 0.05) is 15.9 Å². The zero-order valence-electron chi connectivity index (χ0n) is 7.48. The van der Waals surface area contributed by atoms with Gasteiger partial charge in [-0.3, -0.25) is 10.1 Å². The molecule has 0 atom stereocenters. The van der Waals surface area contributed by atoms with Crippen molar-refractivity contribution in [1.29, 1.82) is 0 Å². The van der Waals surface area contributed by atoms with Crippen LogP contribution in [0.15, 0.2) is 34.8 Å². The van der Waals surface area contributed by atoms with Crippen molar-refractivity contribution in [2.75, 3.05) is 0 Å². The predicted molar refractivity (Wildman–Crippen MR) is 60.0 cm³/mol. The van der Waals surface area contributed by atoms with Crippen LogP contribution in [0.25, 0.3) is 10.8 Å². The summed E-state index contributed by atoms with van der Waals surface area (Å²) in [6.07, 6.45) is 0. The van der Waals surface area contributed by atoms with Crippen molar-refractivity contribution in [1.82, 2.24) is 0 Å². The van der Waals surface area contributed by atoms with E-state index >= 15 is 0 Å². The number of nitro benzene ring substituents is 1. The molecule has 0 heterocycles. The second kappa shape index (κ2) is 3.51. The molecule has 2 aromatic carbocycles. The highest BCUT2D eigenvalue weighted by Crippen LogP contribution is 2.35. The summed E-state index contributed by atoms with van der Waals surface area (Å²) in [5.74, 6) is -0.293. The van der Waals surface area contributed by atoms with Crippen LogP contribution in [0, 0.1) is 10.1 Å². The molecule has 1 N–H and O–H groups in total. The number of hydrogen-bond donors (Lipinski definition) is 1. The maximum absolute atomic E-state index is 10.6. The fraction of sp³-hybridized carbons (Fsp3) is 0. The Morgan fingerprint density at radius 3 is 2.60 bits per heavy atom. The molecule has 76 valence electrons. The largest absolute Gasteiger partial charge is 0.502 e. The lowest BCUT2D eigenvalue weighted by atomic mass is 10.1. The summed E-state index contributed by atoms with van der Waals surface area (Å²) < 4.78 is 0.769. The van der Waals surface area contributed by atoms with Gasteiger partial charge in [-0.15, -0.1) is 0 Å². The first-order chi connectivity index (χ1) is 7.09. The normalized spacial score (nSPS) is 10.5. The second-order valence-corrected chi connectivity index (χ2v) is 3.97. The third-order valence-electron chi connectivity index (χ3n) is 2.13. The highest BCUT2D eigenvalue weighted by atomic mass is 79.9. The van der Waals surface area contributed by atoms with E-state index < -0.39 is 4.92 Å². The van der Waals surface area contributed by atoms with Crippen LogP contribution in [-0.2, 0) is 0 Å². The molecule has 0 aliphatic carbocycles. The maximum Gasteiger partial charge on any atom is 0.311 e. The molecule has 2 rings (SSSR count). The number of hydrogen-bond acceptors (Lipinski definition) is 3. The zero-order chi connectivity index (χ0) is 11.0. The van der Waals surface area contributed by atoms with E-state index in [0.717, 1.165) is 9.86 Å². The molecule has 4 nitrogen and oxygen atoms in total. The Bertz CT molecular complexity index is 554. The van der Waals surface area contributed by atoms with Crippen molar-refractivity contribution < 1.29 is 10.0 Å². The summed E-state index contributed by atoms with van der Waals surface area (Å²) in [5.41, 5.74) is -0.277. The van der Waals surface area contributed by atoms with Gasteiger partial charge in [0.1, 0.15) is 0 Å². The standard InChI is InChI=1S/C10H6BrNO3/c11-7-3-1-6-2-4-9(12(14)15)10(13)8(6)5-7/h1-5,13H. The minimum Gasteiger partial charge on any atom is -0.502 e. The lowest BCUT2D eigenvalue weighted by Crippen LogP contribution is -1.88. The Morgan fingerprint density at radius 1 is 1.27 bits per heavy atom. The molecule has 15 heavy (non-hydrogen) atoms. The molecule has 0 aliphatic heterocycles. The predicted octanol–water partition coefficient (Wildman–Crippen LogP) is 3.22. The van der Waals surface area contributed by atoms with Crippen molar-refractivity contribution in [3.63, 3.8) is 0 Å². The highest BCUT2D eigenvalue weighted by Gasteiger charge is 2.15. The van der Waals surface area contributed by atoms with Gasteiger partial charge in [-0.2, -0.15) is 0 Å². The van der Waals surface area contributed by atoms with Crippen molar-refractivity contribution in [3.05, 3.63) is 44.9 Å². The molecule has 0 amide bonds. The Hall–Kier alpha value is -1.62. The molecule has 0 unspecified atom stereocenters. The molecule has 0 saturated heterocycles. The van der Waals surface area contributed by atoms with E-state index in [1.165, 1.54) is 6.07 Å². The van der Waals surface area contributed by atoms with E-state index in [0.29, 0.717) is 5.39 Å². The fourth-order valence-corrected chi connectivity index (χ4v) is 1.77. The average Bonchev–Trinajstić information content (AvgIpc) is 2.19. The summed E-state index contributed by atoms with van der Waals surface area (Å²) in [7, 11) is 0. The van der Waals surface area contributed by atoms with Gasteiger partial charge >= 0.3 is 5.69 Å². The van der Waals surface area contributed by atoms with E-state index in [1.54, 1.807) is 18.2 Å². The summed E-state index contributed by atoms with van der Waals surface area (Å²) in [4.78, 5) is 9.98. The molecular formula is C10H6BrNO3. The topological polar surface area (TPSA) is 63.4 Å². The van der Waals surface area contributed by atoms with Gasteiger partial charge in [-0.05, 0) is 23.6 Å². The molecule has 0 spiro atoms. The number of benzene rings is 2. The molecule has 0 aromatic heterocycles. The van der Waals surface area contributed by atoms with Gasteiger partial charge in [-0.25, -0.2) is 0 Å². The van der Waals surface area contributed by atoms with E-state index in [-0.39, 0.29) is 11.4 Å². The van der Waals surface area contributed by atoms with E-state index in [9.17, 15) is 15.2 Å². The Balaban J connectivity index is 2.82. The maximum atomic E-state index is 10.6. The molecule has 5 heteroatoms. The smallest absolute Gasteiger partial charge is 0.311 e.